The summed E-state index contributed by atoms with van der Waals surface area (Å²) in [4.78, 5) is 12.7. The Morgan fingerprint density at radius 3 is 2.55 bits per heavy atom. The molecule has 0 radical (unpaired) electrons. The molecule has 0 aromatic heterocycles. The minimum atomic E-state index is -0.397. The first-order valence-electron chi connectivity index (χ1n) is 7.71. The molecule has 20 heavy (non-hydrogen) atoms. The summed E-state index contributed by atoms with van der Waals surface area (Å²) in [5, 5.41) is 3.13. The van der Waals surface area contributed by atoms with Crippen LogP contribution in [0.5, 0.6) is 0 Å². The molecule has 0 saturated carbocycles. The Bertz CT molecular complexity index is 410. The predicted molar refractivity (Wildman–Crippen MR) is 80.7 cm³/mol. The topological polar surface area (TPSA) is 38.3 Å². The number of hydrogen-bond donors (Lipinski definition) is 1. The van der Waals surface area contributed by atoms with E-state index in [2.05, 4.69) is 24.4 Å². The highest BCUT2D eigenvalue weighted by atomic mass is 16.5. The fraction of sp³-hybridized carbons (Fsp3) is 0.588. The second kappa shape index (κ2) is 7.44. The maximum absolute atomic E-state index is 12.7. The van der Waals surface area contributed by atoms with Gasteiger partial charge in [-0.05, 0) is 24.8 Å². The van der Waals surface area contributed by atoms with E-state index in [1.54, 1.807) is 0 Å². The van der Waals surface area contributed by atoms with Crippen LogP contribution in [-0.4, -0.2) is 25.7 Å². The van der Waals surface area contributed by atoms with Crippen LogP contribution in [0.1, 0.15) is 44.6 Å². The quantitative estimate of drug-likeness (QED) is 0.810. The SMILES string of the molecule is CCCCCNC(=O)C1(c2ccccc2)CCOCC1. The average molecular weight is 275 g/mol. The van der Waals surface area contributed by atoms with Crippen LogP contribution >= 0.6 is 0 Å². The molecule has 1 amide bonds. The van der Waals surface area contributed by atoms with Crippen molar-refractivity contribution in [2.24, 2.45) is 0 Å². The highest BCUT2D eigenvalue weighted by Crippen LogP contribution is 2.35. The Kier molecular flexibility index (Phi) is 5.60. The van der Waals surface area contributed by atoms with E-state index in [-0.39, 0.29) is 5.91 Å². The first-order chi connectivity index (χ1) is 9.79. The molecule has 1 N–H and O–H groups in total. The van der Waals surface area contributed by atoms with E-state index in [0.29, 0.717) is 13.2 Å². The molecule has 0 aliphatic carbocycles. The van der Waals surface area contributed by atoms with E-state index in [0.717, 1.165) is 31.4 Å². The highest BCUT2D eigenvalue weighted by Gasteiger charge is 2.41. The molecular formula is C17H25NO2. The fourth-order valence-electron chi connectivity index (χ4n) is 2.87. The molecule has 1 aliphatic heterocycles. The van der Waals surface area contributed by atoms with E-state index in [4.69, 9.17) is 4.74 Å². The van der Waals surface area contributed by atoms with Crippen LogP contribution < -0.4 is 5.32 Å². The molecule has 110 valence electrons. The molecule has 3 heteroatoms. The third kappa shape index (κ3) is 3.40. The van der Waals surface area contributed by atoms with Gasteiger partial charge in [-0.15, -0.1) is 0 Å². The van der Waals surface area contributed by atoms with Gasteiger partial charge in [0.05, 0.1) is 5.41 Å². The van der Waals surface area contributed by atoms with Gasteiger partial charge in [0, 0.05) is 19.8 Å². The molecule has 1 fully saturated rings. The van der Waals surface area contributed by atoms with E-state index in [9.17, 15) is 4.79 Å². The lowest BCUT2D eigenvalue weighted by Crippen LogP contribution is -2.48. The third-order valence-electron chi connectivity index (χ3n) is 4.17. The molecule has 1 heterocycles. The number of unbranched alkanes of at least 4 members (excludes halogenated alkanes) is 2. The van der Waals surface area contributed by atoms with Gasteiger partial charge in [0.1, 0.15) is 0 Å². The molecule has 2 rings (SSSR count). The number of carbonyl (C=O) groups is 1. The smallest absolute Gasteiger partial charge is 0.230 e. The Morgan fingerprint density at radius 2 is 1.90 bits per heavy atom. The van der Waals surface area contributed by atoms with Crippen molar-refractivity contribution in [3.63, 3.8) is 0 Å². The average Bonchev–Trinajstić information content (AvgIpc) is 2.53. The minimum absolute atomic E-state index is 0.170. The number of ether oxygens (including phenoxy) is 1. The summed E-state index contributed by atoms with van der Waals surface area (Å²) in [5.74, 6) is 0.170. The summed E-state index contributed by atoms with van der Waals surface area (Å²) < 4.78 is 5.46. The van der Waals surface area contributed by atoms with Gasteiger partial charge in [-0.3, -0.25) is 4.79 Å². The second-order valence-corrected chi connectivity index (χ2v) is 5.52. The number of carbonyl (C=O) groups excluding carboxylic acids is 1. The maximum Gasteiger partial charge on any atom is 0.230 e. The lowest BCUT2D eigenvalue weighted by atomic mass is 9.73. The van der Waals surface area contributed by atoms with Gasteiger partial charge in [0.25, 0.3) is 0 Å². The lowest BCUT2D eigenvalue weighted by Gasteiger charge is -2.36. The minimum Gasteiger partial charge on any atom is -0.381 e. The first kappa shape index (κ1) is 15.0. The number of rotatable bonds is 6. The molecule has 3 nitrogen and oxygen atoms in total. The van der Waals surface area contributed by atoms with Gasteiger partial charge in [0.2, 0.25) is 5.91 Å². The van der Waals surface area contributed by atoms with E-state index < -0.39 is 5.41 Å². The van der Waals surface area contributed by atoms with Gasteiger partial charge >= 0.3 is 0 Å². The molecular weight excluding hydrogens is 250 g/mol. The maximum atomic E-state index is 12.7. The number of amides is 1. The zero-order valence-electron chi connectivity index (χ0n) is 12.4. The Balaban J connectivity index is 2.09. The summed E-state index contributed by atoms with van der Waals surface area (Å²) >= 11 is 0. The second-order valence-electron chi connectivity index (χ2n) is 5.52. The summed E-state index contributed by atoms with van der Waals surface area (Å²) in [5.41, 5.74) is 0.724. The summed E-state index contributed by atoms with van der Waals surface area (Å²) in [6.45, 7) is 4.28. The van der Waals surface area contributed by atoms with Crippen LogP contribution in [0, 0.1) is 0 Å². The summed E-state index contributed by atoms with van der Waals surface area (Å²) in [6.07, 6.45) is 4.95. The van der Waals surface area contributed by atoms with Gasteiger partial charge in [-0.1, -0.05) is 50.1 Å². The molecule has 0 bridgehead atoms. The number of benzene rings is 1. The van der Waals surface area contributed by atoms with Crippen molar-refractivity contribution in [1.29, 1.82) is 0 Å². The highest BCUT2D eigenvalue weighted by molar-refractivity contribution is 5.88. The zero-order chi connectivity index (χ0) is 14.3. The van der Waals surface area contributed by atoms with Crippen LogP contribution in [0.25, 0.3) is 0 Å². The Morgan fingerprint density at radius 1 is 1.20 bits per heavy atom. The van der Waals surface area contributed by atoms with Crippen LogP contribution in [-0.2, 0) is 14.9 Å². The zero-order valence-corrected chi connectivity index (χ0v) is 12.4. The van der Waals surface area contributed by atoms with Crippen LogP contribution in [0.15, 0.2) is 30.3 Å². The number of hydrogen-bond acceptors (Lipinski definition) is 2. The van der Waals surface area contributed by atoms with Crippen molar-refractivity contribution < 1.29 is 9.53 Å². The molecule has 1 aromatic rings. The fourth-order valence-corrected chi connectivity index (χ4v) is 2.87. The molecule has 1 aromatic carbocycles. The van der Waals surface area contributed by atoms with E-state index >= 15 is 0 Å². The van der Waals surface area contributed by atoms with Crippen molar-refractivity contribution in [2.45, 2.75) is 44.4 Å². The predicted octanol–water partition coefficient (Wildman–Crippen LogP) is 3.04. The Labute approximate surface area is 121 Å². The van der Waals surface area contributed by atoms with E-state index in [1.165, 1.54) is 12.8 Å². The third-order valence-corrected chi connectivity index (χ3v) is 4.17. The molecule has 1 aliphatic rings. The van der Waals surface area contributed by atoms with E-state index in [1.807, 2.05) is 18.2 Å². The Hall–Kier alpha value is -1.35. The summed E-state index contributed by atoms with van der Waals surface area (Å²) in [6, 6.07) is 10.2. The van der Waals surface area contributed by atoms with Crippen LogP contribution in [0.2, 0.25) is 0 Å². The standard InChI is InChI=1S/C17H25NO2/c1-2-3-7-12-18-16(19)17(10-13-20-14-11-17)15-8-5-4-6-9-15/h4-6,8-9H,2-3,7,10-14H2,1H3,(H,18,19). The largest absolute Gasteiger partial charge is 0.381 e. The molecule has 0 unspecified atom stereocenters. The van der Waals surface area contributed by atoms with Crippen molar-refractivity contribution >= 4 is 5.91 Å². The van der Waals surface area contributed by atoms with Gasteiger partial charge in [-0.25, -0.2) is 0 Å². The van der Waals surface area contributed by atoms with Gasteiger partial charge in [0.15, 0.2) is 0 Å². The summed E-state index contributed by atoms with van der Waals surface area (Å²) in [7, 11) is 0. The van der Waals surface area contributed by atoms with Crippen LogP contribution in [0.3, 0.4) is 0 Å². The molecule has 1 saturated heterocycles. The normalized spacial score (nSPS) is 17.6. The first-order valence-corrected chi connectivity index (χ1v) is 7.71. The monoisotopic (exact) mass is 275 g/mol. The van der Waals surface area contributed by atoms with Crippen molar-refractivity contribution in [1.82, 2.24) is 5.32 Å². The molecule has 0 atom stereocenters. The number of nitrogens with one attached hydrogen (secondary N) is 1. The van der Waals surface area contributed by atoms with Crippen LogP contribution in [0.4, 0.5) is 0 Å². The van der Waals surface area contributed by atoms with Crippen molar-refractivity contribution in [3.05, 3.63) is 35.9 Å². The lowest BCUT2D eigenvalue weighted by molar-refractivity contribution is -0.130. The van der Waals surface area contributed by atoms with Gasteiger partial charge < -0.3 is 10.1 Å². The molecule has 0 spiro atoms. The van der Waals surface area contributed by atoms with Crippen molar-refractivity contribution in [2.75, 3.05) is 19.8 Å². The van der Waals surface area contributed by atoms with Crippen molar-refractivity contribution in [3.8, 4) is 0 Å². The van der Waals surface area contributed by atoms with Gasteiger partial charge in [-0.2, -0.15) is 0 Å².